The van der Waals surface area contributed by atoms with Crippen LogP contribution in [0.15, 0.2) is 11.0 Å². The number of carbonyl (C=O) groups is 1. The lowest BCUT2D eigenvalue weighted by molar-refractivity contribution is -0.139. The minimum atomic E-state index is -0.517. The summed E-state index contributed by atoms with van der Waals surface area (Å²) >= 11 is 0. The smallest absolute Gasteiger partial charge is 0.311 e. The molecule has 2 aromatic rings. The quantitative estimate of drug-likeness (QED) is 0.744. The molecule has 0 radical (unpaired) electrons. The molecule has 2 aromatic heterocycles. The van der Waals surface area contributed by atoms with Gasteiger partial charge in [0, 0.05) is 14.1 Å². The molecule has 0 bridgehead atoms. The zero-order valence-corrected chi connectivity index (χ0v) is 10.8. The van der Waals surface area contributed by atoms with Gasteiger partial charge in [0.1, 0.15) is 11.2 Å². The Morgan fingerprint density at radius 3 is 2.84 bits per heavy atom. The monoisotopic (exact) mass is 263 g/mol. The normalized spacial score (nSPS) is 10.5. The topological polar surface area (TPSA) is 99.0 Å². The number of aryl methyl sites for hydroxylation is 1. The SMILES string of the molecule is CNc1ncc2nc(CC(=O)OC)c(=O)n(C)c2n1. The van der Waals surface area contributed by atoms with Gasteiger partial charge in [-0.1, -0.05) is 0 Å². The molecule has 8 nitrogen and oxygen atoms in total. The molecular formula is C11H13N5O3. The van der Waals surface area contributed by atoms with Crippen LogP contribution in [0.4, 0.5) is 5.95 Å². The van der Waals surface area contributed by atoms with Crippen molar-refractivity contribution in [3.05, 3.63) is 22.2 Å². The Labute approximate surface area is 108 Å². The van der Waals surface area contributed by atoms with E-state index in [-0.39, 0.29) is 17.7 Å². The highest BCUT2D eigenvalue weighted by Crippen LogP contribution is 2.08. The van der Waals surface area contributed by atoms with E-state index >= 15 is 0 Å². The molecule has 0 saturated carbocycles. The van der Waals surface area contributed by atoms with Gasteiger partial charge in [-0.05, 0) is 0 Å². The Balaban J connectivity index is 2.61. The molecule has 0 fully saturated rings. The lowest BCUT2D eigenvalue weighted by Gasteiger charge is -2.07. The number of hydrogen-bond donors (Lipinski definition) is 1. The first kappa shape index (κ1) is 12.9. The number of esters is 1. The van der Waals surface area contributed by atoms with Crippen molar-refractivity contribution in [2.75, 3.05) is 19.5 Å². The summed E-state index contributed by atoms with van der Waals surface area (Å²) in [7, 11) is 4.51. The molecule has 100 valence electrons. The van der Waals surface area contributed by atoms with Gasteiger partial charge in [0.15, 0.2) is 5.65 Å². The largest absolute Gasteiger partial charge is 0.469 e. The molecule has 0 atom stereocenters. The number of hydrogen-bond acceptors (Lipinski definition) is 7. The molecular weight excluding hydrogens is 250 g/mol. The van der Waals surface area contributed by atoms with E-state index in [1.54, 1.807) is 14.1 Å². The number of anilines is 1. The number of nitrogens with zero attached hydrogens (tertiary/aromatic N) is 4. The third-order valence-corrected chi connectivity index (χ3v) is 2.64. The van der Waals surface area contributed by atoms with Crippen molar-refractivity contribution in [3.8, 4) is 0 Å². The van der Waals surface area contributed by atoms with Gasteiger partial charge in [0.25, 0.3) is 5.56 Å². The van der Waals surface area contributed by atoms with Crippen LogP contribution in [0.5, 0.6) is 0 Å². The molecule has 0 saturated heterocycles. The molecule has 0 amide bonds. The Hall–Kier alpha value is -2.51. The number of rotatable bonds is 3. The number of aromatic nitrogens is 4. The Bertz CT molecular complexity index is 695. The van der Waals surface area contributed by atoms with Gasteiger partial charge in [-0.2, -0.15) is 4.98 Å². The van der Waals surface area contributed by atoms with E-state index in [0.29, 0.717) is 17.1 Å². The fourth-order valence-electron chi connectivity index (χ4n) is 1.62. The predicted molar refractivity (Wildman–Crippen MR) is 67.8 cm³/mol. The second-order valence-corrected chi connectivity index (χ2v) is 3.83. The van der Waals surface area contributed by atoms with Crippen LogP contribution in [-0.2, 0) is 23.0 Å². The maximum absolute atomic E-state index is 12.0. The molecule has 1 N–H and O–H groups in total. The summed E-state index contributed by atoms with van der Waals surface area (Å²) in [5, 5.41) is 2.78. The first-order chi connectivity index (χ1) is 9.06. The summed E-state index contributed by atoms with van der Waals surface area (Å²) in [6.45, 7) is 0. The van der Waals surface area contributed by atoms with E-state index in [1.165, 1.54) is 17.9 Å². The third kappa shape index (κ3) is 2.37. The van der Waals surface area contributed by atoms with Crippen LogP contribution < -0.4 is 10.9 Å². The van der Waals surface area contributed by atoms with Crippen LogP contribution in [0.3, 0.4) is 0 Å². The first-order valence-corrected chi connectivity index (χ1v) is 5.54. The number of nitrogens with one attached hydrogen (secondary N) is 1. The van der Waals surface area contributed by atoms with Crippen molar-refractivity contribution in [2.45, 2.75) is 6.42 Å². The summed E-state index contributed by atoms with van der Waals surface area (Å²) in [4.78, 5) is 35.6. The van der Waals surface area contributed by atoms with E-state index in [2.05, 4.69) is 25.0 Å². The van der Waals surface area contributed by atoms with Crippen LogP contribution in [0.2, 0.25) is 0 Å². The van der Waals surface area contributed by atoms with Gasteiger partial charge in [-0.15, -0.1) is 0 Å². The van der Waals surface area contributed by atoms with Crippen LogP contribution in [-0.4, -0.2) is 39.6 Å². The Morgan fingerprint density at radius 1 is 1.47 bits per heavy atom. The van der Waals surface area contributed by atoms with Crippen LogP contribution >= 0.6 is 0 Å². The number of fused-ring (bicyclic) bond motifs is 1. The van der Waals surface area contributed by atoms with Crippen molar-refractivity contribution in [1.29, 1.82) is 0 Å². The van der Waals surface area contributed by atoms with Gasteiger partial charge < -0.3 is 10.1 Å². The van der Waals surface area contributed by atoms with Crippen molar-refractivity contribution in [2.24, 2.45) is 7.05 Å². The Kier molecular flexibility index (Phi) is 3.41. The summed E-state index contributed by atoms with van der Waals surface area (Å²) < 4.78 is 5.87. The molecule has 0 spiro atoms. The van der Waals surface area contributed by atoms with E-state index in [0.717, 1.165) is 0 Å². The van der Waals surface area contributed by atoms with E-state index in [9.17, 15) is 9.59 Å². The number of ether oxygens (including phenoxy) is 1. The van der Waals surface area contributed by atoms with Crippen molar-refractivity contribution >= 4 is 23.1 Å². The van der Waals surface area contributed by atoms with Crippen LogP contribution in [0, 0.1) is 0 Å². The highest BCUT2D eigenvalue weighted by Gasteiger charge is 2.14. The van der Waals surface area contributed by atoms with Crippen LogP contribution in [0.25, 0.3) is 11.2 Å². The second-order valence-electron chi connectivity index (χ2n) is 3.83. The summed E-state index contributed by atoms with van der Waals surface area (Å²) in [6.07, 6.45) is 1.32. The maximum Gasteiger partial charge on any atom is 0.311 e. The van der Waals surface area contributed by atoms with E-state index < -0.39 is 5.97 Å². The van der Waals surface area contributed by atoms with Gasteiger partial charge in [-0.3, -0.25) is 14.2 Å². The van der Waals surface area contributed by atoms with Crippen LogP contribution in [0.1, 0.15) is 5.69 Å². The lowest BCUT2D eigenvalue weighted by Crippen LogP contribution is -2.26. The maximum atomic E-state index is 12.0. The van der Waals surface area contributed by atoms with E-state index in [4.69, 9.17) is 0 Å². The third-order valence-electron chi connectivity index (χ3n) is 2.64. The Morgan fingerprint density at radius 2 is 2.21 bits per heavy atom. The van der Waals surface area contributed by atoms with E-state index in [1.807, 2.05) is 0 Å². The molecule has 0 unspecified atom stereocenters. The fraction of sp³-hybridized carbons (Fsp3) is 0.364. The minimum Gasteiger partial charge on any atom is -0.469 e. The average molecular weight is 263 g/mol. The number of methoxy groups -OCH3 is 1. The summed E-state index contributed by atoms with van der Waals surface area (Å²) in [5.41, 5.74) is 0.583. The lowest BCUT2D eigenvalue weighted by atomic mass is 10.3. The standard InChI is InChI=1S/C11H13N5O3/c1-12-11-13-5-7-9(15-11)16(2)10(18)6(14-7)4-8(17)19-3/h5H,4H2,1-3H3,(H,12,13,15). The molecule has 19 heavy (non-hydrogen) atoms. The summed E-state index contributed by atoms with van der Waals surface area (Å²) in [5.74, 6) is -0.123. The fourth-order valence-corrected chi connectivity index (χ4v) is 1.62. The minimum absolute atomic E-state index is 0.114. The van der Waals surface area contributed by atoms with Gasteiger partial charge in [-0.25, -0.2) is 9.97 Å². The highest BCUT2D eigenvalue weighted by molar-refractivity contribution is 5.74. The molecule has 2 rings (SSSR count). The first-order valence-electron chi connectivity index (χ1n) is 5.54. The molecule has 0 aliphatic heterocycles. The van der Waals surface area contributed by atoms with Crippen molar-refractivity contribution in [3.63, 3.8) is 0 Å². The highest BCUT2D eigenvalue weighted by atomic mass is 16.5. The van der Waals surface area contributed by atoms with Gasteiger partial charge in [0.2, 0.25) is 5.95 Å². The van der Waals surface area contributed by atoms with Gasteiger partial charge in [0.05, 0.1) is 19.7 Å². The second kappa shape index (κ2) is 5.01. The molecule has 0 aliphatic rings. The number of carbonyl (C=O) groups excluding carboxylic acids is 1. The predicted octanol–water partition coefficient (Wildman–Crippen LogP) is -0.519. The molecule has 0 aromatic carbocycles. The zero-order chi connectivity index (χ0) is 14.0. The average Bonchev–Trinajstić information content (AvgIpc) is 2.44. The van der Waals surface area contributed by atoms with Crippen molar-refractivity contribution < 1.29 is 9.53 Å². The molecule has 0 aliphatic carbocycles. The van der Waals surface area contributed by atoms with Gasteiger partial charge >= 0.3 is 5.97 Å². The zero-order valence-electron chi connectivity index (χ0n) is 10.8. The molecule has 8 heteroatoms. The molecule has 2 heterocycles. The summed E-state index contributed by atoms with van der Waals surface area (Å²) in [6, 6.07) is 0. The van der Waals surface area contributed by atoms with Crippen molar-refractivity contribution in [1.82, 2.24) is 19.5 Å².